The van der Waals surface area contributed by atoms with E-state index in [0.717, 1.165) is 17.8 Å². The van der Waals surface area contributed by atoms with Gasteiger partial charge in [-0.3, -0.25) is 0 Å². The molecule has 1 aliphatic carbocycles. The van der Waals surface area contributed by atoms with Crippen molar-refractivity contribution in [3.8, 4) is 0 Å². The molecule has 1 rings (SSSR count). The van der Waals surface area contributed by atoms with Gasteiger partial charge in [-0.25, -0.2) is 0 Å². The summed E-state index contributed by atoms with van der Waals surface area (Å²) in [6.07, 6.45) is 14.9. The van der Waals surface area contributed by atoms with Crippen molar-refractivity contribution in [1.29, 1.82) is 0 Å². The molecule has 0 spiro atoms. The maximum absolute atomic E-state index is 2.49. The summed E-state index contributed by atoms with van der Waals surface area (Å²) in [6.45, 7) is 13.8. The maximum Gasteiger partial charge on any atom is -0.0188 e. The lowest BCUT2D eigenvalue weighted by molar-refractivity contribution is 0.420. The molecule has 0 bridgehead atoms. The van der Waals surface area contributed by atoms with Crippen LogP contribution in [0.15, 0.2) is 35.5 Å². The van der Waals surface area contributed by atoms with Crippen LogP contribution in [-0.4, -0.2) is 0 Å². The Labute approximate surface area is 127 Å². The first-order chi connectivity index (χ1) is 9.38. The molecule has 0 fully saturated rings. The minimum Gasteiger partial charge on any atom is -0.0827 e. The van der Waals surface area contributed by atoms with Gasteiger partial charge >= 0.3 is 0 Å². The summed E-state index contributed by atoms with van der Waals surface area (Å²) in [5.74, 6) is 2.96. The van der Waals surface area contributed by atoms with Gasteiger partial charge in [-0.1, -0.05) is 64.0 Å². The van der Waals surface area contributed by atoms with E-state index in [0.29, 0.717) is 5.92 Å². The van der Waals surface area contributed by atoms with E-state index in [2.05, 4.69) is 65.8 Å². The highest BCUT2D eigenvalue weighted by molar-refractivity contribution is 5.25. The van der Waals surface area contributed by atoms with Crippen LogP contribution in [0.1, 0.15) is 67.2 Å². The molecule has 114 valence electrons. The van der Waals surface area contributed by atoms with Crippen LogP contribution in [0, 0.1) is 23.7 Å². The van der Waals surface area contributed by atoms with Crippen molar-refractivity contribution in [3.63, 3.8) is 0 Å². The molecule has 20 heavy (non-hydrogen) atoms. The van der Waals surface area contributed by atoms with Crippen LogP contribution < -0.4 is 0 Å². The summed E-state index contributed by atoms with van der Waals surface area (Å²) in [6, 6.07) is 0. The molecule has 0 aromatic rings. The Morgan fingerprint density at radius 3 is 2.45 bits per heavy atom. The van der Waals surface area contributed by atoms with Crippen molar-refractivity contribution in [2.75, 3.05) is 0 Å². The van der Waals surface area contributed by atoms with Gasteiger partial charge in [0.15, 0.2) is 0 Å². The minimum atomic E-state index is 0.687. The van der Waals surface area contributed by atoms with Crippen molar-refractivity contribution in [2.24, 2.45) is 23.7 Å². The third kappa shape index (κ3) is 6.59. The molecule has 1 aliphatic rings. The summed E-state index contributed by atoms with van der Waals surface area (Å²) >= 11 is 0. The quantitative estimate of drug-likeness (QED) is 0.461. The first-order valence-electron chi connectivity index (χ1n) is 8.41. The zero-order chi connectivity index (χ0) is 15.1. The van der Waals surface area contributed by atoms with Gasteiger partial charge in [-0.05, 0) is 62.4 Å². The first kappa shape index (κ1) is 17.3. The van der Waals surface area contributed by atoms with Crippen LogP contribution in [0.3, 0.4) is 0 Å². The molecule has 0 aliphatic heterocycles. The maximum atomic E-state index is 2.49. The van der Waals surface area contributed by atoms with E-state index in [1.807, 2.05) is 0 Å². The highest BCUT2D eigenvalue weighted by Crippen LogP contribution is 2.29. The monoisotopic (exact) mass is 274 g/mol. The second-order valence-corrected chi connectivity index (χ2v) is 7.39. The highest BCUT2D eigenvalue weighted by atomic mass is 14.2. The van der Waals surface area contributed by atoms with Gasteiger partial charge in [-0.2, -0.15) is 0 Å². The molecular formula is C20H34. The van der Waals surface area contributed by atoms with E-state index in [9.17, 15) is 0 Å². The molecule has 0 heteroatoms. The van der Waals surface area contributed by atoms with Crippen molar-refractivity contribution in [2.45, 2.75) is 67.2 Å². The second-order valence-electron chi connectivity index (χ2n) is 7.39. The lowest BCUT2D eigenvalue weighted by atomic mass is 9.83. The molecule has 3 atom stereocenters. The Hall–Kier alpha value is -0.780. The van der Waals surface area contributed by atoms with E-state index in [1.54, 1.807) is 5.57 Å². The normalized spacial score (nSPS) is 21.6. The average molecular weight is 274 g/mol. The van der Waals surface area contributed by atoms with Crippen LogP contribution in [0.2, 0.25) is 0 Å². The van der Waals surface area contributed by atoms with Crippen LogP contribution in [0.4, 0.5) is 0 Å². The highest BCUT2D eigenvalue weighted by Gasteiger charge is 2.16. The largest absolute Gasteiger partial charge is 0.0827 e. The van der Waals surface area contributed by atoms with Crippen molar-refractivity contribution in [3.05, 3.63) is 35.5 Å². The first-order valence-corrected chi connectivity index (χ1v) is 8.41. The summed E-state index contributed by atoms with van der Waals surface area (Å²) in [5, 5.41) is 0. The SMILES string of the molecule is CC(C)=CC(CCC(C)C)C[C@H](C)C1=CCC(C)C=C1. The molecule has 0 saturated heterocycles. The van der Waals surface area contributed by atoms with Gasteiger partial charge < -0.3 is 0 Å². The van der Waals surface area contributed by atoms with Gasteiger partial charge in [0, 0.05) is 0 Å². The van der Waals surface area contributed by atoms with Gasteiger partial charge in [-0.15, -0.1) is 0 Å². The molecule has 0 aromatic heterocycles. The smallest absolute Gasteiger partial charge is 0.0188 e. The second kappa shape index (κ2) is 8.49. The molecule has 2 unspecified atom stereocenters. The Kier molecular flexibility index (Phi) is 7.34. The summed E-state index contributed by atoms with van der Waals surface area (Å²) < 4.78 is 0. The Bertz CT molecular complexity index is 363. The molecule has 0 amide bonds. The topological polar surface area (TPSA) is 0 Å². The fraction of sp³-hybridized carbons (Fsp3) is 0.700. The predicted octanol–water partition coefficient (Wildman–Crippen LogP) is 6.55. The zero-order valence-electron chi connectivity index (χ0n) is 14.4. The molecule has 0 heterocycles. The predicted molar refractivity (Wildman–Crippen MR) is 91.8 cm³/mol. The minimum absolute atomic E-state index is 0.687. The fourth-order valence-electron chi connectivity index (χ4n) is 2.99. The zero-order valence-corrected chi connectivity index (χ0v) is 14.4. The van der Waals surface area contributed by atoms with E-state index in [4.69, 9.17) is 0 Å². The molecule has 0 nitrogen and oxygen atoms in total. The lowest BCUT2D eigenvalue weighted by Crippen LogP contribution is -2.09. The van der Waals surface area contributed by atoms with E-state index >= 15 is 0 Å². The Morgan fingerprint density at radius 2 is 1.95 bits per heavy atom. The molecule has 0 N–H and O–H groups in total. The van der Waals surface area contributed by atoms with Crippen molar-refractivity contribution < 1.29 is 0 Å². The number of rotatable bonds is 7. The molecule has 0 radical (unpaired) electrons. The average Bonchev–Trinajstić information content (AvgIpc) is 2.36. The molecule has 0 saturated carbocycles. The van der Waals surface area contributed by atoms with Crippen LogP contribution in [-0.2, 0) is 0 Å². The van der Waals surface area contributed by atoms with E-state index in [-0.39, 0.29) is 0 Å². The van der Waals surface area contributed by atoms with Crippen molar-refractivity contribution in [1.82, 2.24) is 0 Å². The Morgan fingerprint density at radius 1 is 1.25 bits per heavy atom. The van der Waals surface area contributed by atoms with Crippen molar-refractivity contribution >= 4 is 0 Å². The van der Waals surface area contributed by atoms with Gasteiger partial charge in [0.1, 0.15) is 0 Å². The molecular weight excluding hydrogens is 240 g/mol. The van der Waals surface area contributed by atoms with Gasteiger partial charge in [0.05, 0.1) is 0 Å². The van der Waals surface area contributed by atoms with Crippen LogP contribution in [0.5, 0.6) is 0 Å². The van der Waals surface area contributed by atoms with Crippen LogP contribution in [0.25, 0.3) is 0 Å². The third-order valence-electron chi connectivity index (χ3n) is 4.25. The fourth-order valence-corrected chi connectivity index (χ4v) is 2.99. The number of hydrogen-bond acceptors (Lipinski definition) is 0. The number of allylic oxidation sites excluding steroid dienone is 6. The van der Waals surface area contributed by atoms with Crippen LogP contribution >= 0.6 is 0 Å². The van der Waals surface area contributed by atoms with Gasteiger partial charge in [0.2, 0.25) is 0 Å². The van der Waals surface area contributed by atoms with Gasteiger partial charge in [0.25, 0.3) is 0 Å². The molecule has 0 aromatic carbocycles. The van der Waals surface area contributed by atoms with E-state index < -0.39 is 0 Å². The summed E-state index contributed by atoms with van der Waals surface area (Å²) in [7, 11) is 0. The Balaban J connectivity index is 2.60. The number of hydrogen-bond donors (Lipinski definition) is 0. The summed E-state index contributed by atoms with van der Waals surface area (Å²) in [4.78, 5) is 0. The standard InChI is InChI=1S/C20H34/c1-15(2)7-10-19(13-16(3)4)14-18(6)20-11-8-17(5)9-12-20/h8,11-13,15,17-19H,7,9-10,14H2,1-6H3/t17?,18-,19?/m0/s1. The summed E-state index contributed by atoms with van der Waals surface area (Å²) in [5.41, 5.74) is 3.02. The van der Waals surface area contributed by atoms with E-state index in [1.165, 1.54) is 31.3 Å². The lowest BCUT2D eigenvalue weighted by Gasteiger charge is -2.23. The third-order valence-corrected chi connectivity index (χ3v) is 4.25.